The van der Waals surface area contributed by atoms with Crippen molar-refractivity contribution in [1.29, 1.82) is 0 Å². The molecule has 0 spiro atoms. The Bertz CT molecular complexity index is 851. The van der Waals surface area contributed by atoms with Crippen molar-refractivity contribution in [2.24, 2.45) is 0 Å². The van der Waals surface area contributed by atoms with Gasteiger partial charge in [-0.05, 0) is 51.7 Å². The fourth-order valence-electron chi connectivity index (χ4n) is 4.60. The molecule has 1 N–H and O–H groups in total. The van der Waals surface area contributed by atoms with Crippen LogP contribution in [0.25, 0.3) is 0 Å². The molecular weight excluding hydrogens is 380 g/mol. The number of rotatable bonds is 6. The number of nitrogens with one attached hydrogen (secondary N) is 1. The first kappa shape index (κ1) is 20.3. The lowest BCUT2D eigenvalue weighted by atomic mass is 9.95. The SMILES string of the molecule is Cc1nc(SCC(=O)Nc2ccccc2N2CCCC2)n(C2CCCCC2)c1C. The number of hydrogen-bond acceptors (Lipinski definition) is 4. The zero-order valence-corrected chi connectivity index (χ0v) is 18.4. The van der Waals surface area contributed by atoms with Gasteiger partial charge in [0.05, 0.1) is 22.8 Å². The van der Waals surface area contributed by atoms with Gasteiger partial charge in [0.2, 0.25) is 5.91 Å². The van der Waals surface area contributed by atoms with Crippen LogP contribution in [-0.2, 0) is 4.79 Å². The molecule has 1 amide bonds. The number of aryl methyl sites for hydroxylation is 1. The Hall–Kier alpha value is -1.95. The number of imidazole rings is 1. The first-order valence-corrected chi connectivity index (χ1v) is 11.9. The summed E-state index contributed by atoms with van der Waals surface area (Å²) < 4.78 is 2.39. The van der Waals surface area contributed by atoms with Gasteiger partial charge in [0, 0.05) is 24.8 Å². The highest BCUT2D eigenvalue weighted by atomic mass is 32.2. The molecule has 0 bridgehead atoms. The van der Waals surface area contributed by atoms with E-state index >= 15 is 0 Å². The average molecular weight is 413 g/mol. The number of carbonyl (C=O) groups is 1. The molecule has 0 atom stereocenters. The van der Waals surface area contributed by atoms with Crippen molar-refractivity contribution in [3.8, 4) is 0 Å². The van der Waals surface area contributed by atoms with Crippen LogP contribution < -0.4 is 10.2 Å². The summed E-state index contributed by atoms with van der Waals surface area (Å²) >= 11 is 1.57. The Kier molecular flexibility index (Phi) is 6.48. The summed E-state index contributed by atoms with van der Waals surface area (Å²) in [7, 11) is 0. The Morgan fingerprint density at radius 1 is 1.10 bits per heavy atom. The number of benzene rings is 1. The van der Waals surface area contributed by atoms with Crippen LogP contribution >= 0.6 is 11.8 Å². The molecule has 6 heteroatoms. The number of carbonyl (C=O) groups excluding carboxylic acids is 1. The van der Waals surface area contributed by atoms with Crippen molar-refractivity contribution in [3.63, 3.8) is 0 Å². The van der Waals surface area contributed by atoms with E-state index in [1.807, 2.05) is 18.2 Å². The molecule has 0 unspecified atom stereocenters. The average Bonchev–Trinajstić information content (AvgIpc) is 3.36. The van der Waals surface area contributed by atoms with E-state index in [4.69, 9.17) is 4.98 Å². The Labute approximate surface area is 178 Å². The topological polar surface area (TPSA) is 50.2 Å². The number of nitrogens with zero attached hydrogens (tertiary/aromatic N) is 3. The van der Waals surface area contributed by atoms with Crippen LogP contribution in [0.1, 0.15) is 62.4 Å². The van der Waals surface area contributed by atoms with Crippen molar-refractivity contribution in [3.05, 3.63) is 35.7 Å². The van der Waals surface area contributed by atoms with Gasteiger partial charge in [-0.2, -0.15) is 0 Å². The first-order chi connectivity index (χ1) is 14.1. The fraction of sp³-hybridized carbons (Fsp3) is 0.565. The predicted molar refractivity (Wildman–Crippen MR) is 121 cm³/mol. The third-order valence-electron chi connectivity index (χ3n) is 6.25. The molecule has 156 valence electrons. The number of anilines is 2. The van der Waals surface area contributed by atoms with E-state index in [2.05, 4.69) is 34.7 Å². The highest BCUT2D eigenvalue weighted by Crippen LogP contribution is 2.34. The van der Waals surface area contributed by atoms with E-state index in [-0.39, 0.29) is 5.91 Å². The zero-order chi connectivity index (χ0) is 20.2. The van der Waals surface area contributed by atoms with Crippen LogP contribution in [0.15, 0.2) is 29.4 Å². The van der Waals surface area contributed by atoms with Crippen molar-refractivity contribution < 1.29 is 4.79 Å². The Balaban J connectivity index is 1.42. The molecule has 2 heterocycles. The van der Waals surface area contributed by atoms with E-state index in [1.54, 1.807) is 11.8 Å². The molecule has 2 aliphatic rings. The van der Waals surface area contributed by atoms with Crippen LogP contribution in [0.4, 0.5) is 11.4 Å². The van der Waals surface area contributed by atoms with Gasteiger partial charge >= 0.3 is 0 Å². The van der Waals surface area contributed by atoms with Crippen LogP contribution in [0.2, 0.25) is 0 Å². The standard InChI is InChI=1S/C23H32N4OS/c1-17-18(2)27(19-10-4-3-5-11-19)23(24-17)29-16-22(28)25-20-12-6-7-13-21(20)26-14-8-9-15-26/h6-7,12-13,19H,3-5,8-11,14-16H2,1-2H3,(H,25,28). The van der Waals surface area contributed by atoms with Gasteiger partial charge in [-0.15, -0.1) is 0 Å². The van der Waals surface area contributed by atoms with E-state index in [0.717, 1.165) is 35.3 Å². The summed E-state index contributed by atoms with van der Waals surface area (Å²) in [6.07, 6.45) is 8.81. The predicted octanol–water partition coefficient (Wildman–Crippen LogP) is 5.34. The minimum absolute atomic E-state index is 0.0372. The highest BCUT2D eigenvalue weighted by molar-refractivity contribution is 7.99. The van der Waals surface area contributed by atoms with Gasteiger partial charge in [-0.1, -0.05) is 43.2 Å². The minimum Gasteiger partial charge on any atom is -0.370 e. The molecule has 5 nitrogen and oxygen atoms in total. The number of para-hydroxylation sites is 2. The van der Waals surface area contributed by atoms with Gasteiger partial charge in [0.1, 0.15) is 0 Å². The lowest BCUT2D eigenvalue weighted by molar-refractivity contribution is -0.113. The number of aromatic nitrogens is 2. The molecule has 2 fully saturated rings. The molecule has 1 aromatic carbocycles. The second-order valence-corrected chi connectivity index (χ2v) is 9.22. The lowest BCUT2D eigenvalue weighted by Crippen LogP contribution is -2.22. The molecule has 2 aromatic rings. The van der Waals surface area contributed by atoms with Crippen molar-refractivity contribution in [2.75, 3.05) is 29.1 Å². The third-order valence-corrected chi connectivity index (χ3v) is 7.20. The Morgan fingerprint density at radius 3 is 2.59 bits per heavy atom. The molecule has 0 radical (unpaired) electrons. The van der Waals surface area contributed by atoms with E-state index in [0.29, 0.717) is 11.8 Å². The van der Waals surface area contributed by atoms with Crippen molar-refractivity contribution in [2.45, 2.75) is 70.0 Å². The van der Waals surface area contributed by atoms with Crippen LogP contribution in [0.5, 0.6) is 0 Å². The monoisotopic (exact) mass is 412 g/mol. The maximum atomic E-state index is 12.7. The molecular formula is C23H32N4OS. The van der Waals surface area contributed by atoms with E-state index in [1.165, 1.54) is 50.6 Å². The summed E-state index contributed by atoms with van der Waals surface area (Å²) in [6.45, 7) is 6.37. The fourth-order valence-corrected chi connectivity index (χ4v) is 5.56. The molecule has 1 saturated carbocycles. The molecule has 1 aliphatic heterocycles. The summed E-state index contributed by atoms with van der Waals surface area (Å²) in [5.41, 5.74) is 4.39. The molecule has 1 saturated heterocycles. The van der Waals surface area contributed by atoms with Crippen molar-refractivity contribution in [1.82, 2.24) is 9.55 Å². The molecule has 1 aromatic heterocycles. The number of amides is 1. The summed E-state index contributed by atoms with van der Waals surface area (Å²) in [4.78, 5) is 19.9. The third kappa shape index (κ3) is 4.63. The van der Waals surface area contributed by atoms with E-state index in [9.17, 15) is 4.79 Å². The molecule has 1 aliphatic carbocycles. The lowest BCUT2D eigenvalue weighted by Gasteiger charge is -2.26. The van der Waals surface area contributed by atoms with Gasteiger partial charge in [0.15, 0.2) is 5.16 Å². The van der Waals surface area contributed by atoms with Crippen LogP contribution in [0, 0.1) is 13.8 Å². The zero-order valence-electron chi connectivity index (χ0n) is 17.6. The van der Waals surface area contributed by atoms with Gasteiger partial charge in [0.25, 0.3) is 0 Å². The summed E-state index contributed by atoms with van der Waals surface area (Å²) in [5.74, 6) is 0.423. The van der Waals surface area contributed by atoms with E-state index < -0.39 is 0 Å². The second kappa shape index (κ2) is 9.24. The van der Waals surface area contributed by atoms with Crippen LogP contribution in [0.3, 0.4) is 0 Å². The number of hydrogen-bond donors (Lipinski definition) is 1. The van der Waals surface area contributed by atoms with Gasteiger partial charge in [-0.3, -0.25) is 4.79 Å². The van der Waals surface area contributed by atoms with Crippen molar-refractivity contribution >= 4 is 29.0 Å². The maximum Gasteiger partial charge on any atom is 0.234 e. The smallest absolute Gasteiger partial charge is 0.234 e. The maximum absolute atomic E-state index is 12.7. The van der Waals surface area contributed by atoms with Gasteiger partial charge < -0.3 is 14.8 Å². The summed E-state index contributed by atoms with van der Waals surface area (Å²) in [5, 5.41) is 4.13. The highest BCUT2D eigenvalue weighted by Gasteiger charge is 2.23. The first-order valence-electron chi connectivity index (χ1n) is 11.0. The number of thioether (sulfide) groups is 1. The normalized spacial score (nSPS) is 17.7. The largest absolute Gasteiger partial charge is 0.370 e. The molecule has 4 rings (SSSR count). The minimum atomic E-state index is 0.0372. The molecule has 29 heavy (non-hydrogen) atoms. The second-order valence-electron chi connectivity index (χ2n) is 8.28. The summed E-state index contributed by atoms with van der Waals surface area (Å²) in [6, 6.07) is 8.69. The Morgan fingerprint density at radius 2 is 1.83 bits per heavy atom. The van der Waals surface area contributed by atoms with Crippen LogP contribution in [-0.4, -0.2) is 34.3 Å². The quantitative estimate of drug-likeness (QED) is 0.651. The van der Waals surface area contributed by atoms with Gasteiger partial charge in [-0.25, -0.2) is 4.98 Å².